The number of aromatic hydroxyl groups is 1. The number of carbonyl (C=O) groups is 4. The van der Waals surface area contributed by atoms with E-state index in [0.717, 1.165) is 9.94 Å². The van der Waals surface area contributed by atoms with Gasteiger partial charge >= 0.3 is 49.9 Å². The molecule has 7 aromatic carbocycles. The summed E-state index contributed by atoms with van der Waals surface area (Å²) < 4.78 is 77.4. The Morgan fingerprint density at radius 2 is 0.718 bits per heavy atom. The van der Waals surface area contributed by atoms with Gasteiger partial charge in [0.25, 0.3) is 0 Å². The summed E-state index contributed by atoms with van der Waals surface area (Å²) in [6, 6.07) is 40.4. The van der Waals surface area contributed by atoms with Crippen molar-refractivity contribution in [3.05, 3.63) is 264 Å². The first kappa shape index (κ1) is 99.5. The Morgan fingerprint density at radius 1 is 0.402 bits per heavy atom. The second kappa shape index (κ2) is 46.5. The van der Waals surface area contributed by atoms with E-state index in [9.17, 15) is 23.6 Å². The van der Waals surface area contributed by atoms with Crippen LogP contribution in [0, 0.1) is 5.95 Å². The Morgan fingerprint density at radius 3 is 1.03 bits per heavy atom. The van der Waals surface area contributed by atoms with Crippen molar-refractivity contribution in [3.8, 4) is 85.4 Å². The van der Waals surface area contributed by atoms with Crippen LogP contribution in [0.5, 0.6) is 52.0 Å². The van der Waals surface area contributed by atoms with E-state index in [4.69, 9.17) is 168 Å². The van der Waals surface area contributed by atoms with Crippen molar-refractivity contribution in [2.24, 2.45) is 0 Å². The number of esters is 4. The Balaban J connectivity index is 0.000000258. The first-order chi connectivity index (χ1) is 54.5. The number of rotatable bonds is 16. The maximum atomic E-state index is 13.1. The molecule has 610 valence electrons. The Bertz CT molecular complexity index is 5080. The second-order valence-corrected chi connectivity index (χ2v) is 30.1. The molecule has 0 saturated carbocycles. The van der Waals surface area contributed by atoms with E-state index < -0.39 is 31.0 Å². The Hall–Kier alpha value is -8.05. The summed E-state index contributed by atoms with van der Waals surface area (Å²) in [5.41, 5.74) is 5.75. The van der Waals surface area contributed by atoms with E-state index in [2.05, 4.69) is 61.3 Å². The fraction of sp³-hybridized carbons (Fsp3) is 0.175. The van der Waals surface area contributed by atoms with Gasteiger partial charge in [-0.25, -0.2) is 39.1 Å². The molecule has 1 saturated heterocycles. The molecular formula is C80H67BBr2Cl10FLiN4O18. The maximum Gasteiger partial charge on any atom is 1.00 e. The third-order valence-electron chi connectivity index (χ3n) is 16.1. The number of phenolic OH excluding ortho intramolecular Hbond substituents is 1. The Labute approximate surface area is 752 Å². The van der Waals surface area contributed by atoms with Gasteiger partial charge in [-0.2, -0.15) is 4.39 Å². The molecule has 0 unspecified atom stereocenters. The zero-order valence-corrected chi connectivity index (χ0v) is 74.7. The molecule has 1 fully saturated rings. The van der Waals surface area contributed by atoms with Crippen molar-refractivity contribution < 1.29 is 110 Å². The number of nitrogens with zero attached hydrogens (tertiary/aromatic N) is 4. The van der Waals surface area contributed by atoms with Crippen LogP contribution in [0.15, 0.2) is 186 Å². The predicted molar refractivity (Wildman–Crippen MR) is 456 cm³/mol. The summed E-state index contributed by atoms with van der Waals surface area (Å²) in [5.74, 6) is 0.869. The van der Waals surface area contributed by atoms with Gasteiger partial charge in [-0.3, -0.25) is 0 Å². The van der Waals surface area contributed by atoms with Crippen molar-refractivity contribution in [3.63, 3.8) is 0 Å². The summed E-state index contributed by atoms with van der Waals surface area (Å²) in [7, 11) is 10.9. The molecule has 11 aromatic rings. The van der Waals surface area contributed by atoms with E-state index in [1.165, 1.54) is 74.2 Å². The largest absolute Gasteiger partial charge is 1.00 e. The van der Waals surface area contributed by atoms with Gasteiger partial charge in [-0.05, 0) is 211 Å². The molecule has 0 bridgehead atoms. The van der Waals surface area contributed by atoms with Gasteiger partial charge < -0.3 is 67.3 Å². The van der Waals surface area contributed by atoms with Crippen LogP contribution in [0.4, 0.5) is 4.39 Å². The van der Waals surface area contributed by atoms with Crippen molar-refractivity contribution in [1.29, 1.82) is 0 Å². The molecule has 117 heavy (non-hydrogen) atoms. The quantitative estimate of drug-likeness (QED) is 0.0407. The summed E-state index contributed by atoms with van der Waals surface area (Å²) in [5, 5.41) is 12.5. The zero-order chi connectivity index (χ0) is 84.8. The van der Waals surface area contributed by atoms with Gasteiger partial charge in [0.2, 0.25) is 17.7 Å². The van der Waals surface area contributed by atoms with Gasteiger partial charge in [0.05, 0.1) is 105 Å². The Kier molecular flexibility index (Phi) is 39.6. The molecule has 0 aliphatic carbocycles. The third-order valence-corrected chi connectivity index (χ3v) is 20.0. The molecule has 5 heterocycles. The standard InChI is InChI=1S/2C20H14Cl3NO4.C14H11ClFNO3.C11H14BBrClNO2.C9H9BrO3.C6H4Cl2O.Li.H2O/c2*1-26-18-6-11(20(25)27-2)3-4-16(18)12-5-17(23)19(24-10-12)28-15-8-13(21)7-14(22)9-15;1-19-12-6-8(14(18)20-2)3-4-10(12)9-5-11(15)13(16)17-7-9;1-10(2)11(3,4)17-12(16-10)7-5-8(14)9(13)15-6-7;1-12-8-5-6(9(11)13-2)3-4-7(8)10;7-4-1-5(8)3-6(9)2-4;;/h2*3-10H,1-2H3;3-7H,1-2H3;5-6H,1-4H3;3-5H,1-2H3;1-3,9H;;1H2/q;;;;;;+1;/p-1. The minimum atomic E-state index is -0.736. The number of hydrogen-bond donors (Lipinski definition) is 1. The number of pyridine rings is 4. The summed E-state index contributed by atoms with van der Waals surface area (Å²) in [4.78, 5) is 62.2. The van der Waals surface area contributed by atoms with Gasteiger partial charge in [0.1, 0.15) is 54.9 Å². The van der Waals surface area contributed by atoms with Crippen LogP contribution in [0.3, 0.4) is 0 Å². The normalized spacial score (nSPS) is 11.7. The van der Waals surface area contributed by atoms with Gasteiger partial charge in [0, 0.05) is 93.8 Å². The second-order valence-electron chi connectivity index (χ2n) is 24.3. The fourth-order valence-corrected chi connectivity index (χ4v) is 12.7. The van der Waals surface area contributed by atoms with Crippen LogP contribution < -0.4 is 52.7 Å². The minimum absolute atomic E-state index is 0. The minimum Gasteiger partial charge on any atom is -0.870 e. The molecule has 22 nitrogen and oxygen atoms in total. The number of methoxy groups -OCH3 is 8. The topological polar surface area (TPSA) is 281 Å². The molecule has 0 radical (unpaired) electrons. The number of benzene rings is 7. The molecule has 37 heteroatoms. The van der Waals surface area contributed by atoms with Gasteiger partial charge in [0.15, 0.2) is 0 Å². The number of halogens is 13. The van der Waals surface area contributed by atoms with E-state index in [0.29, 0.717) is 130 Å². The van der Waals surface area contributed by atoms with E-state index in [-0.39, 0.29) is 74.1 Å². The number of ether oxygens (including phenoxy) is 10. The smallest absolute Gasteiger partial charge is 0.870 e. The van der Waals surface area contributed by atoms with Crippen LogP contribution >= 0.6 is 148 Å². The summed E-state index contributed by atoms with van der Waals surface area (Å²) >= 11 is 65.9. The van der Waals surface area contributed by atoms with E-state index in [1.807, 2.05) is 27.7 Å². The number of carbonyl (C=O) groups excluding carboxylic acids is 4. The number of aromatic nitrogens is 4. The molecule has 12 rings (SSSR count). The van der Waals surface area contributed by atoms with Crippen molar-refractivity contribution in [2.45, 2.75) is 38.9 Å². The molecular weight excluding hydrogens is 1860 g/mol. The SMILES string of the molecule is CC1(C)OB(c2cnc(Br)c(Cl)c2)OC1(C)C.COC(=O)c1ccc(-c2cnc(F)c(Cl)c2)c(OC)c1.COC(=O)c1ccc(-c2cnc(Oc3cc(Cl)cc(Cl)c3)c(Cl)c2)c(OC)c1.COC(=O)c1ccc(-c2cnc(Oc3cc(Cl)cc(Cl)c3)c(Cl)c2)c(OC)c1.COC(=O)c1ccc(Br)c(OC)c1.Oc1cc(Cl)cc(Cl)c1.[Li+].[OH-]. The first-order valence-corrected chi connectivity index (χ1v) is 38.3. The van der Waals surface area contributed by atoms with Crippen LogP contribution in [0.25, 0.3) is 33.4 Å². The average Bonchev–Trinajstić information content (AvgIpc) is 1.58. The average molecular weight is 1920 g/mol. The maximum absolute atomic E-state index is 13.1. The van der Waals surface area contributed by atoms with Crippen molar-refractivity contribution >= 4 is 184 Å². The number of phenols is 1. The third kappa shape index (κ3) is 28.3. The molecule has 2 N–H and O–H groups in total. The molecule has 0 atom stereocenters. The van der Waals surface area contributed by atoms with Crippen LogP contribution in [0.1, 0.15) is 69.1 Å². The molecule has 4 aromatic heterocycles. The fourth-order valence-electron chi connectivity index (χ4n) is 9.77. The number of hydrogen-bond acceptors (Lipinski definition) is 22. The van der Waals surface area contributed by atoms with Crippen LogP contribution in [-0.2, 0) is 28.3 Å². The van der Waals surface area contributed by atoms with Crippen LogP contribution in [0.2, 0.25) is 50.2 Å². The predicted octanol–water partition coefficient (Wildman–Crippen LogP) is 20.5. The summed E-state index contributed by atoms with van der Waals surface area (Å²) in [6.45, 7) is 8.06. The monoisotopic (exact) mass is 1920 g/mol. The molecule has 0 spiro atoms. The van der Waals surface area contributed by atoms with Crippen molar-refractivity contribution in [1.82, 2.24) is 19.9 Å². The molecule has 1 aliphatic heterocycles. The zero-order valence-electron chi connectivity index (χ0n) is 63.9. The van der Waals surface area contributed by atoms with Crippen LogP contribution in [-0.4, -0.2) is 130 Å². The van der Waals surface area contributed by atoms with E-state index in [1.54, 1.807) is 159 Å². The summed E-state index contributed by atoms with van der Waals surface area (Å²) in [6.07, 6.45) is 6.22. The van der Waals surface area contributed by atoms with Gasteiger partial charge in [-0.1, -0.05) is 116 Å². The van der Waals surface area contributed by atoms with Gasteiger partial charge in [-0.15, -0.1) is 0 Å². The van der Waals surface area contributed by atoms with Crippen molar-refractivity contribution in [2.75, 3.05) is 56.9 Å². The van der Waals surface area contributed by atoms with E-state index >= 15 is 0 Å². The molecule has 0 amide bonds. The first-order valence-electron chi connectivity index (χ1n) is 32.9. The molecule has 1 aliphatic rings.